The second-order valence-corrected chi connectivity index (χ2v) is 10.4. The lowest BCUT2D eigenvalue weighted by Crippen LogP contribution is -2.26. The summed E-state index contributed by atoms with van der Waals surface area (Å²) in [6.07, 6.45) is 5.83. The number of hydrogen-bond acceptors (Lipinski definition) is 6. The van der Waals surface area contributed by atoms with Crippen LogP contribution in [-0.4, -0.2) is 32.6 Å². The number of rotatable bonds is 5. The van der Waals surface area contributed by atoms with Gasteiger partial charge in [-0.2, -0.15) is 4.98 Å². The van der Waals surface area contributed by atoms with Gasteiger partial charge in [0.05, 0.1) is 0 Å². The maximum absolute atomic E-state index is 13.4. The van der Waals surface area contributed by atoms with Crippen molar-refractivity contribution in [1.29, 1.82) is 0 Å². The highest BCUT2D eigenvalue weighted by Gasteiger charge is 2.16. The minimum atomic E-state index is -0.175. The molecule has 1 saturated heterocycles. The average Bonchev–Trinajstić information content (AvgIpc) is 2.96. The van der Waals surface area contributed by atoms with E-state index in [-0.39, 0.29) is 5.56 Å². The molecule has 39 heavy (non-hydrogen) atoms. The summed E-state index contributed by atoms with van der Waals surface area (Å²) in [5.41, 5.74) is 6.69. The zero-order valence-electron chi connectivity index (χ0n) is 21.9. The van der Waals surface area contributed by atoms with E-state index in [4.69, 9.17) is 11.6 Å². The number of pyridine rings is 2. The Morgan fingerprint density at radius 3 is 2.51 bits per heavy atom. The van der Waals surface area contributed by atoms with Gasteiger partial charge in [0.15, 0.2) is 0 Å². The summed E-state index contributed by atoms with van der Waals surface area (Å²) in [5, 5.41) is 7.95. The van der Waals surface area contributed by atoms with E-state index in [1.165, 1.54) is 5.56 Å². The van der Waals surface area contributed by atoms with Crippen molar-refractivity contribution in [3.8, 4) is 22.3 Å². The average molecular weight is 537 g/mol. The lowest BCUT2D eigenvalue weighted by Gasteiger charge is -2.23. The van der Waals surface area contributed by atoms with Gasteiger partial charge in [-0.3, -0.25) is 14.3 Å². The monoisotopic (exact) mass is 536 g/mol. The minimum absolute atomic E-state index is 0.175. The Kier molecular flexibility index (Phi) is 6.85. The molecule has 0 bridgehead atoms. The third-order valence-corrected chi connectivity index (χ3v) is 7.82. The van der Waals surface area contributed by atoms with Gasteiger partial charge >= 0.3 is 0 Å². The molecule has 6 rings (SSSR count). The van der Waals surface area contributed by atoms with Crippen molar-refractivity contribution >= 4 is 34.3 Å². The molecular formula is C31H29ClN6O. The van der Waals surface area contributed by atoms with Crippen LogP contribution in [0.25, 0.3) is 33.3 Å². The maximum Gasteiger partial charge on any atom is 0.259 e. The summed E-state index contributed by atoms with van der Waals surface area (Å²) in [6, 6.07) is 19.9. The fraction of sp³-hybridized carbons (Fsp3) is 0.226. The smallest absolute Gasteiger partial charge is 0.259 e. The normalized spacial score (nSPS) is 14.0. The first-order chi connectivity index (χ1) is 19.0. The lowest BCUT2D eigenvalue weighted by molar-refractivity contribution is 0.460. The fourth-order valence-electron chi connectivity index (χ4n) is 5.31. The zero-order chi connectivity index (χ0) is 26.9. The van der Waals surface area contributed by atoms with E-state index in [1.54, 1.807) is 24.0 Å². The molecule has 196 valence electrons. The van der Waals surface area contributed by atoms with Crippen molar-refractivity contribution in [2.24, 2.45) is 7.05 Å². The largest absolute Gasteiger partial charge is 0.324 e. The van der Waals surface area contributed by atoms with Gasteiger partial charge in [0.2, 0.25) is 5.95 Å². The molecule has 2 aromatic carbocycles. The van der Waals surface area contributed by atoms with Crippen LogP contribution in [0.5, 0.6) is 0 Å². The first kappa shape index (κ1) is 25.2. The molecule has 0 saturated carbocycles. The Balaban J connectivity index is 1.28. The topological polar surface area (TPSA) is 84.7 Å². The van der Waals surface area contributed by atoms with Gasteiger partial charge in [-0.1, -0.05) is 41.9 Å². The van der Waals surface area contributed by atoms with Crippen molar-refractivity contribution < 1.29 is 0 Å². The van der Waals surface area contributed by atoms with Gasteiger partial charge in [0, 0.05) is 57.9 Å². The van der Waals surface area contributed by atoms with E-state index in [9.17, 15) is 4.79 Å². The Hall–Kier alpha value is -4.07. The molecule has 3 aromatic heterocycles. The van der Waals surface area contributed by atoms with Gasteiger partial charge in [-0.15, -0.1) is 0 Å². The summed E-state index contributed by atoms with van der Waals surface area (Å²) in [5.74, 6) is 1.04. The van der Waals surface area contributed by atoms with Gasteiger partial charge in [0.1, 0.15) is 5.65 Å². The zero-order valence-corrected chi connectivity index (χ0v) is 22.7. The van der Waals surface area contributed by atoms with Crippen LogP contribution in [-0.2, 0) is 7.05 Å². The first-order valence-electron chi connectivity index (χ1n) is 13.1. The molecule has 0 amide bonds. The van der Waals surface area contributed by atoms with Crippen LogP contribution in [0.2, 0.25) is 5.02 Å². The van der Waals surface area contributed by atoms with Crippen molar-refractivity contribution in [2.75, 3.05) is 18.4 Å². The predicted molar refractivity (Wildman–Crippen MR) is 158 cm³/mol. The Morgan fingerprint density at radius 2 is 1.77 bits per heavy atom. The number of nitrogens with one attached hydrogen (secondary N) is 2. The molecule has 7 nitrogen and oxygen atoms in total. The molecule has 2 N–H and O–H groups in total. The number of halogens is 1. The van der Waals surface area contributed by atoms with Crippen LogP contribution in [0.4, 0.5) is 11.6 Å². The van der Waals surface area contributed by atoms with E-state index in [2.05, 4.69) is 49.9 Å². The van der Waals surface area contributed by atoms with E-state index in [1.807, 2.05) is 43.3 Å². The van der Waals surface area contributed by atoms with Crippen LogP contribution >= 0.6 is 11.6 Å². The second kappa shape index (κ2) is 10.6. The summed E-state index contributed by atoms with van der Waals surface area (Å²) < 4.78 is 1.55. The SMILES string of the molecule is Cc1ncccc1-c1ccc(-c2cc3cnc(Nc4ccc(C5CCNCC5)cc4)nc3n(C)c2=O)c(Cl)c1. The third kappa shape index (κ3) is 5.03. The molecular weight excluding hydrogens is 508 g/mol. The summed E-state index contributed by atoms with van der Waals surface area (Å²) >= 11 is 6.70. The molecule has 0 aliphatic carbocycles. The number of nitrogens with zero attached hydrogens (tertiary/aromatic N) is 4. The molecule has 1 fully saturated rings. The molecule has 1 aliphatic heterocycles. The Morgan fingerprint density at radius 1 is 0.974 bits per heavy atom. The minimum Gasteiger partial charge on any atom is -0.324 e. The van der Waals surface area contributed by atoms with Crippen molar-refractivity contribution in [3.05, 3.63) is 99.7 Å². The number of aromatic nitrogens is 4. The molecule has 0 unspecified atom stereocenters. The highest BCUT2D eigenvalue weighted by atomic mass is 35.5. The molecule has 0 spiro atoms. The lowest BCUT2D eigenvalue weighted by atomic mass is 9.90. The number of anilines is 2. The van der Waals surface area contributed by atoms with Crippen LogP contribution < -0.4 is 16.2 Å². The third-order valence-electron chi connectivity index (χ3n) is 7.50. The fourth-order valence-corrected chi connectivity index (χ4v) is 5.60. The number of hydrogen-bond donors (Lipinski definition) is 2. The highest BCUT2D eigenvalue weighted by molar-refractivity contribution is 6.33. The Labute approximate surface area is 231 Å². The van der Waals surface area contributed by atoms with Crippen molar-refractivity contribution in [3.63, 3.8) is 0 Å². The van der Waals surface area contributed by atoms with E-state index >= 15 is 0 Å². The quantitative estimate of drug-likeness (QED) is 0.277. The van der Waals surface area contributed by atoms with Crippen molar-refractivity contribution in [2.45, 2.75) is 25.7 Å². The molecule has 8 heteroatoms. The molecule has 5 aromatic rings. The number of benzene rings is 2. The standard InChI is InChI=1S/C31H29ClN6O/c1-19-25(4-3-13-34-19)22-7-10-26(28(32)17-22)27-16-23-18-35-31(37-29(23)38(2)30(27)39)36-24-8-5-20(6-9-24)21-11-14-33-15-12-21/h3-10,13,16-18,21,33H,11-12,14-15H2,1-2H3,(H,35,36,37). The molecule has 0 radical (unpaired) electrons. The second-order valence-electron chi connectivity index (χ2n) is 10.00. The van der Waals surface area contributed by atoms with Gasteiger partial charge in [-0.25, -0.2) is 4.98 Å². The van der Waals surface area contributed by atoms with Crippen LogP contribution in [0.1, 0.15) is 30.0 Å². The molecule has 4 heterocycles. The van der Waals surface area contributed by atoms with Gasteiger partial charge < -0.3 is 10.6 Å². The number of aryl methyl sites for hydroxylation is 2. The highest BCUT2D eigenvalue weighted by Crippen LogP contribution is 2.33. The number of fused-ring (bicyclic) bond motifs is 1. The van der Waals surface area contributed by atoms with Crippen LogP contribution in [0, 0.1) is 6.92 Å². The summed E-state index contributed by atoms with van der Waals surface area (Å²) in [6.45, 7) is 4.10. The van der Waals surface area contributed by atoms with Gasteiger partial charge in [-0.05, 0) is 80.2 Å². The summed E-state index contributed by atoms with van der Waals surface area (Å²) in [7, 11) is 1.72. The van der Waals surface area contributed by atoms with Crippen LogP contribution in [0.3, 0.4) is 0 Å². The van der Waals surface area contributed by atoms with E-state index in [0.29, 0.717) is 33.7 Å². The van der Waals surface area contributed by atoms with Gasteiger partial charge in [0.25, 0.3) is 5.56 Å². The number of piperidine rings is 1. The summed E-state index contributed by atoms with van der Waals surface area (Å²) in [4.78, 5) is 27.0. The predicted octanol–water partition coefficient (Wildman–Crippen LogP) is 6.23. The molecule has 1 aliphatic rings. The van der Waals surface area contributed by atoms with Crippen LogP contribution in [0.15, 0.2) is 77.9 Å². The first-order valence-corrected chi connectivity index (χ1v) is 13.5. The van der Waals surface area contributed by atoms with Crippen molar-refractivity contribution in [1.82, 2.24) is 24.8 Å². The van der Waals surface area contributed by atoms with E-state index < -0.39 is 0 Å². The van der Waals surface area contributed by atoms with E-state index in [0.717, 1.165) is 53.8 Å². The Bertz CT molecular complexity index is 1720. The maximum atomic E-state index is 13.4. The molecule has 0 atom stereocenters.